The quantitative estimate of drug-likeness (QED) is 0.786. The zero-order valence-corrected chi connectivity index (χ0v) is 14.1. The van der Waals surface area contributed by atoms with Gasteiger partial charge < -0.3 is 10.1 Å². The molecule has 0 radical (unpaired) electrons. The largest absolute Gasteiger partial charge is 0.377 e. The predicted molar refractivity (Wildman–Crippen MR) is 90.1 cm³/mol. The summed E-state index contributed by atoms with van der Waals surface area (Å²) in [5.41, 5.74) is 3.61. The topological polar surface area (TPSA) is 67.0 Å². The van der Waals surface area contributed by atoms with Crippen LogP contribution in [0.25, 0.3) is 0 Å². The van der Waals surface area contributed by atoms with Crippen LogP contribution in [0, 0.1) is 5.92 Å². The van der Waals surface area contributed by atoms with E-state index >= 15 is 0 Å². The average Bonchev–Trinajstić information content (AvgIpc) is 2.99. The Hall–Kier alpha value is -2.14. The maximum atomic E-state index is 12.1. The van der Waals surface area contributed by atoms with E-state index in [4.69, 9.17) is 4.74 Å². The Morgan fingerprint density at radius 2 is 1.96 bits per heavy atom. The predicted octanol–water partition coefficient (Wildman–Crippen LogP) is 3.07. The van der Waals surface area contributed by atoms with Gasteiger partial charge in [-0.25, -0.2) is 0 Å². The summed E-state index contributed by atoms with van der Waals surface area (Å²) in [6.07, 6.45) is 0.890. The minimum atomic E-state index is -0.158. The van der Waals surface area contributed by atoms with Gasteiger partial charge in [0, 0.05) is 18.8 Å². The molecule has 0 unspecified atom stereocenters. The Balaban J connectivity index is 1.85. The fourth-order valence-electron chi connectivity index (χ4n) is 2.27. The van der Waals surface area contributed by atoms with Crippen LogP contribution in [0.15, 0.2) is 30.3 Å². The molecule has 0 atom stereocenters. The number of H-pyrrole nitrogens is 1. The lowest BCUT2D eigenvalue weighted by Crippen LogP contribution is -2.23. The zero-order valence-electron chi connectivity index (χ0n) is 14.1. The molecule has 2 aromatic rings. The van der Waals surface area contributed by atoms with Crippen molar-refractivity contribution in [2.45, 2.75) is 40.3 Å². The van der Waals surface area contributed by atoms with Crippen LogP contribution in [0.3, 0.4) is 0 Å². The first-order valence-corrected chi connectivity index (χ1v) is 8.06. The van der Waals surface area contributed by atoms with Gasteiger partial charge in [-0.05, 0) is 36.5 Å². The summed E-state index contributed by atoms with van der Waals surface area (Å²) in [5.74, 6) is 0.371. The number of rotatable bonds is 8. The van der Waals surface area contributed by atoms with Crippen LogP contribution in [0.4, 0.5) is 0 Å². The highest BCUT2D eigenvalue weighted by molar-refractivity contribution is 5.92. The van der Waals surface area contributed by atoms with E-state index in [0.29, 0.717) is 31.4 Å². The molecule has 0 saturated carbocycles. The Bertz CT molecular complexity index is 617. The molecule has 5 nitrogen and oxygen atoms in total. The number of nitrogens with one attached hydrogen (secondary N) is 2. The Morgan fingerprint density at radius 1 is 1.26 bits per heavy atom. The van der Waals surface area contributed by atoms with Crippen LogP contribution in [0.1, 0.15) is 48.1 Å². The molecule has 0 aliphatic heterocycles. The van der Waals surface area contributed by atoms with Gasteiger partial charge >= 0.3 is 0 Å². The number of benzene rings is 1. The van der Waals surface area contributed by atoms with Crippen molar-refractivity contribution in [1.82, 2.24) is 15.5 Å². The first-order valence-electron chi connectivity index (χ1n) is 8.06. The van der Waals surface area contributed by atoms with Crippen molar-refractivity contribution in [3.8, 4) is 0 Å². The van der Waals surface area contributed by atoms with Crippen molar-refractivity contribution in [2.75, 3.05) is 6.61 Å². The molecular weight excluding hydrogens is 290 g/mol. The van der Waals surface area contributed by atoms with Gasteiger partial charge in [0.05, 0.1) is 6.61 Å². The van der Waals surface area contributed by atoms with Crippen LogP contribution in [0.2, 0.25) is 0 Å². The fraction of sp³-hybridized carbons (Fsp3) is 0.444. The van der Waals surface area contributed by atoms with E-state index in [1.165, 1.54) is 0 Å². The third-order valence-electron chi connectivity index (χ3n) is 3.44. The Morgan fingerprint density at radius 3 is 2.61 bits per heavy atom. The summed E-state index contributed by atoms with van der Waals surface area (Å²) >= 11 is 0. The van der Waals surface area contributed by atoms with Crippen molar-refractivity contribution >= 4 is 5.91 Å². The number of aromatic nitrogens is 2. The van der Waals surface area contributed by atoms with Crippen molar-refractivity contribution < 1.29 is 9.53 Å². The van der Waals surface area contributed by atoms with Crippen molar-refractivity contribution in [1.29, 1.82) is 0 Å². The monoisotopic (exact) mass is 315 g/mol. The molecule has 0 spiro atoms. The van der Waals surface area contributed by atoms with Gasteiger partial charge in [0.25, 0.3) is 5.91 Å². The van der Waals surface area contributed by atoms with Crippen LogP contribution < -0.4 is 5.32 Å². The molecule has 0 saturated heterocycles. The summed E-state index contributed by atoms with van der Waals surface area (Å²) in [4.78, 5) is 12.1. The maximum Gasteiger partial charge on any atom is 0.272 e. The number of ether oxygens (including phenoxy) is 1. The van der Waals surface area contributed by atoms with Crippen LogP contribution in [-0.4, -0.2) is 22.7 Å². The number of hydrogen-bond donors (Lipinski definition) is 2. The SMILES string of the molecule is CCOCc1ccc(CNC(=O)c2cc(CC(C)C)[nH]n2)cc1. The van der Waals surface area contributed by atoms with Gasteiger partial charge in [-0.2, -0.15) is 5.10 Å². The molecule has 2 rings (SSSR count). The van der Waals surface area contributed by atoms with Gasteiger partial charge in [-0.1, -0.05) is 38.1 Å². The average molecular weight is 315 g/mol. The van der Waals surface area contributed by atoms with Gasteiger partial charge in [-0.3, -0.25) is 9.89 Å². The fourth-order valence-corrected chi connectivity index (χ4v) is 2.27. The number of hydrogen-bond acceptors (Lipinski definition) is 3. The number of aromatic amines is 1. The van der Waals surface area contributed by atoms with Crippen molar-refractivity contribution in [2.24, 2.45) is 5.92 Å². The molecule has 2 N–H and O–H groups in total. The summed E-state index contributed by atoms with van der Waals surface area (Å²) in [7, 11) is 0. The van der Waals surface area contributed by atoms with Gasteiger partial charge in [0.15, 0.2) is 0 Å². The molecule has 1 amide bonds. The summed E-state index contributed by atoms with van der Waals surface area (Å²) in [6, 6.07) is 9.87. The summed E-state index contributed by atoms with van der Waals surface area (Å²) < 4.78 is 5.36. The maximum absolute atomic E-state index is 12.1. The molecule has 1 heterocycles. The number of nitrogens with zero attached hydrogens (tertiary/aromatic N) is 1. The molecule has 5 heteroatoms. The normalized spacial score (nSPS) is 11.0. The van der Waals surface area contributed by atoms with Gasteiger partial charge in [-0.15, -0.1) is 0 Å². The highest BCUT2D eigenvalue weighted by atomic mass is 16.5. The molecule has 124 valence electrons. The van der Waals surface area contributed by atoms with Gasteiger partial charge in [0.2, 0.25) is 0 Å². The molecule has 23 heavy (non-hydrogen) atoms. The molecule has 0 aliphatic carbocycles. The van der Waals surface area contributed by atoms with Crippen LogP contribution in [-0.2, 0) is 24.3 Å². The molecule has 1 aromatic carbocycles. The lowest BCUT2D eigenvalue weighted by Gasteiger charge is -2.05. The second-order valence-electron chi connectivity index (χ2n) is 6.01. The second-order valence-corrected chi connectivity index (χ2v) is 6.01. The van der Waals surface area contributed by atoms with E-state index in [2.05, 4.69) is 29.4 Å². The van der Waals surface area contributed by atoms with Crippen molar-refractivity contribution in [3.05, 3.63) is 52.8 Å². The number of carbonyl (C=O) groups is 1. The molecule has 1 aromatic heterocycles. The van der Waals surface area contributed by atoms with E-state index in [1.54, 1.807) is 0 Å². The molecular formula is C18H25N3O2. The van der Waals surface area contributed by atoms with E-state index in [-0.39, 0.29) is 5.91 Å². The lowest BCUT2D eigenvalue weighted by atomic mass is 10.1. The minimum absolute atomic E-state index is 0.158. The van der Waals surface area contributed by atoms with Crippen LogP contribution in [0.5, 0.6) is 0 Å². The minimum Gasteiger partial charge on any atom is -0.377 e. The summed E-state index contributed by atoms with van der Waals surface area (Å²) in [6.45, 7) is 8.06. The van der Waals surface area contributed by atoms with Crippen LogP contribution >= 0.6 is 0 Å². The lowest BCUT2D eigenvalue weighted by molar-refractivity contribution is 0.0946. The van der Waals surface area contributed by atoms with E-state index in [1.807, 2.05) is 37.3 Å². The summed E-state index contributed by atoms with van der Waals surface area (Å²) in [5, 5.41) is 9.89. The van der Waals surface area contributed by atoms with Crippen molar-refractivity contribution in [3.63, 3.8) is 0 Å². The van der Waals surface area contributed by atoms with E-state index in [9.17, 15) is 4.79 Å². The van der Waals surface area contributed by atoms with E-state index in [0.717, 1.165) is 23.2 Å². The molecule has 0 aliphatic rings. The third kappa shape index (κ3) is 5.53. The Labute approximate surface area is 137 Å². The highest BCUT2D eigenvalue weighted by Gasteiger charge is 2.10. The third-order valence-corrected chi connectivity index (χ3v) is 3.44. The van der Waals surface area contributed by atoms with E-state index < -0.39 is 0 Å². The number of carbonyl (C=O) groups excluding carboxylic acids is 1. The van der Waals surface area contributed by atoms with Gasteiger partial charge in [0.1, 0.15) is 5.69 Å². The highest BCUT2D eigenvalue weighted by Crippen LogP contribution is 2.08. The smallest absolute Gasteiger partial charge is 0.272 e. The first kappa shape index (κ1) is 17.2. The molecule has 0 bridgehead atoms. The number of amides is 1. The standard InChI is InChI=1S/C18H25N3O2/c1-4-23-12-15-7-5-14(6-8-15)11-19-18(22)17-10-16(20-21-17)9-13(2)3/h5-8,10,13H,4,9,11-12H2,1-3H3,(H,19,22)(H,20,21). The second kappa shape index (κ2) is 8.48. The molecule has 0 fully saturated rings. The Kier molecular flexibility index (Phi) is 6.35. The zero-order chi connectivity index (χ0) is 16.7. The first-order chi connectivity index (χ1) is 11.1.